The quantitative estimate of drug-likeness (QED) is 0.599. The molecule has 0 aromatic heterocycles. The third-order valence-electron chi connectivity index (χ3n) is 5.58. The molecular weight excluding hydrogens is 471 g/mol. The van der Waals surface area contributed by atoms with Crippen molar-refractivity contribution in [1.82, 2.24) is 4.31 Å². The molecule has 186 valence electrons. The van der Waals surface area contributed by atoms with Gasteiger partial charge in [-0.25, -0.2) is 8.42 Å². The summed E-state index contributed by atoms with van der Waals surface area (Å²) in [5.74, 6) is -0.466. The number of amides is 1. The number of morpholine rings is 1. The van der Waals surface area contributed by atoms with Crippen LogP contribution in [0.1, 0.15) is 25.0 Å². The Morgan fingerprint density at radius 3 is 2.24 bits per heavy atom. The number of hydrogen-bond donors (Lipinski definition) is 1. The standard InChI is InChI=1S/C23H28F3N3O4S/c1-3-29(4-2)34(31,32)19-9-10-21(28-11-13-33-14-12-28)20(16-19)27-22(30)15-17-5-7-18(8-6-17)23(24,25)26/h5-10,16H,3-4,11-15H2,1-2H3,(H,27,30). The highest BCUT2D eigenvalue weighted by Crippen LogP contribution is 2.32. The van der Waals surface area contributed by atoms with Crippen LogP contribution in [-0.2, 0) is 32.2 Å². The molecule has 0 bridgehead atoms. The summed E-state index contributed by atoms with van der Waals surface area (Å²) < 4.78 is 71.1. The highest BCUT2D eigenvalue weighted by Gasteiger charge is 2.30. The zero-order valence-corrected chi connectivity index (χ0v) is 19.9. The van der Waals surface area contributed by atoms with Crippen LogP contribution < -0.4 is 10.2 Å². The van der Waals surface area contributed by atoms with E-state index in [1.165, 1.54) is 28.6 Å². The zero-order valence-electron chi connectivity index (χ0n) is 19.1. The van der Waals surface area contributed by atoms with Gasteiger partial charge in [0.1, 0.15) is 0 Å². The highest BCUT2D eigenvalue weighted by molar-refractivity contribution is 7.89. The number of hydrogen-bond acceptors (Lipinski definition) is 5. The number of sulfonamides is 1. The Morgan fingerprint density at radius 2 is 1.68 bits per heavy atom. The van der Waals surface area contributed by atoms with E-state index in [9.17, 15) is 26.4 Å². The average molecular weight is 500 g/mol. The number of benzene rings is 2. The molecule has 1 saturated heterocycles. The molecule has 0 saturated carbocycles. The minimum absolute atomic E-state index is 0.0537. The number of nitrogens with zero attached hydrogens (tertiary/aromatic N) is 2. The Morgan fingerprint density at radius 1 is 1.06 bits per heavy atom. The topological polar surface area (TPSA) is 79.0 Å². The number of ether oxygens (including phenoxy) is 1. The molecule has 0 atom stereocenters. The van der Waals surface area contributed by atoms with Gasteiger partial charge in [-0.15, -0.1) is 0 Å². The molecular formula is C23H28F3N3O4S. The van der Waals surface area contributed by atoms with Crippen molar-refractivity contribution in [2.75, 3.05) is 49.6 Å². The molecule has 3 rings (SSSR count). The lowest BCUT2D eigenvalue weighted by Gasteiger charge is -2.31. The van der Waals surface area contributed by atoms with Gasteiger partial charge in [0.15, 0.2) is 0 Å². The first-order valence-corrected chi connectivity index (χ1v) is 12.4. The van der Waals surface area contributed by atoms with E-state index in [1.807, 2.05) is 4.90 Å². The molecule has 1 N–H and O–H groups in total. The number of carbonyl (C=O) groups is 1. The van der Waals surface area contributed by atoms with Crippen LogP contribution >= 0.6 is 0 Å². The van der Waals surface area contributed by atoms with E-state index in [0.717, 1.165) is 12.1 Å². The second-order valence-corrected chi connectivity index (χ2v) is 9.73. The fraction of sp³-hybridized carbons (Fsp3) is 0.435. The summed E-state index contributed by atoms with van der Waals surface area (Å²) >= 11 is 0. The van der Waals surface area contributed by atoms with Crippen molar-refractivity contribution in [1.29, 1.82) is 0 Å². The average Bonchev–Trinajstić information content (AvgIpc) is 2.80. The van der Waals surface area contributed by atoms with Crippen molar-refractivity contribution < 1.29 is 31.1 Å². The molecule has 1 aliphatic heterocycles. The number of rotatable bonds is 8. The molecule has 2 aromatic carbocycles. The van der Waals surface area contributed by atoms with Crippen LogP contribution in [0.15, 0.2) is 47.4 Å². The lowest BCUT2D eigenvalue weighted by Crippen LogP contribution is -2.37. The van der Waals surface area contributed by atoms with Crippen LogP contribution in [0.25, 0.3) is 0 Å². The second kappa shape index (κ2) is 10.7. The molecule has 0 aliphatic carbocycles. The highest BCUT2D eigenvalue weighted by atomic mass is 32.2. The van der Waals surface area contributed by atoms with Crippen molar-refractivity contribution >= 4 is 27.3 Å². The molecule has 1 fully saturated rings. The minimum atomic E-state index is -4.45. The number of alkyl halides is 3. The molecule has 34 heavy (non-hydrogen) atoms. The van der Waals surface area contributed by atoms with Crippen molar-refractivity contribution in [3.63, 3.8) is 0 Å². The summed E-state index contributed by atoms with van der Waals surface area (Å²) in [5, 5.41) is 2.76. The number of halogens is 3. The van der Waals surface area contributed by atoms with Crippen LogP contribution in [0, 0.1) is 0 Å². The maximum Gasteiger partial charge on any atom is 0.416 e. The Kier molecular flexibility index (Phi) is 8.21. The maximum atomic E-state index is 13.0. The van der Waals surface area contributed by atoms with Crippen molar-refractivity contribution in [2.24, 2.45) is 0 Å². The lowest BCUT2D eigenvalue weighted by molar-refractivity contribution is -0.137. The van der Waals surface area contributed by atoms with Gasteiger partial charge in [0.2, 0.25) is 15.9 Å². The predicted molar refractivity (Wildman–Crippen MR) is 123 cm³/mol. The monoisotopic (exact) mass is 499 g/mol. The van der Waals surface area contributed by atoms with Crippen LogP contribution in [0.4, 0.5) is 24.5 Å². The van der Waals surface area contributed by atoms with Gasteiger partial charge < -0.3 is 15.0 Å². The van der Waals surface area contributed by atoms with Crippen molar-refractivity contribution in [2.45, 2.75) is 31.3 Å². The number of nitrogens with one attached hydrogen (secondary N) is 1. The van der Waals surface area contributed by atoms with Crippen LogP contribution in [-0.4, -0.2) is 58.0 Å². The van der Waals surface area contributed by atoms with Gasteiger partial charge in [-0.05, 0) is 35.9 Å². The van der Waals surface area contributed by atoms with E-state index in [0.29, 0.717) is 56.3 Å². The molecule has 7 nitrogen and oxygen atoms in total. The van der Waals surface area contributed by atoms with E-state index in [4.69, 9.17) is 4.74 Å². The summed E-state index contributed by atoms with van der Waals surface area (Å²) in [7, 11) is -3.75. The van der Waals surface area contributed by atoms with Gasteiger partial charge >= 0.3 is 6.18 Å². The molecule has 1 aliphatic rings. The molecule has 2 aromatic rings. The van der Waals surface area contributed by atoms with Crippen LogP contribution in [0.3, 0.4) is 0 Å². The van der Waals surface area contributed by atoms with E-state index in [-0.39, 0.29) is 11.3 Å². The normalized spacial score (nSPS) is 14.9. The van der Waals surface area contributed by atoms with Gasteiger partial charge in [0.25, 0.3) is 0 Å². The third-order valence-corrected chi connectivity index (χ3v) is 7.63. The summed E-state index contributed by atoms with van der Waals surface area (Å²) in [4.78, 5) is 14.8. The SMILES string of the molecule is CCN(CC)S(=O)(=O)c1ccc(N2CCOCC2)c(NC(=O)Cc2ccc(C(F)(F)F)cc2)c1. The lowest BCUT2D eigenvalue weighted by atomic mass is 10.1. The van der Waals surface area contributed by atoms with E-state index < -0.39 is 27.7 Å². The minimum Gasteiger partial charge on any atom is -0.378 e. The molecule has 0 spiro atoms. The Hall–Kier alpha value is -2.63. The Bertz CT molecular complexity index is 1100. The fourth-order valence-corrected chi connectivity index (χ4v) is 5.24. The van der Waals surface area contributed by atoms with Crippen molar-refractivity contribution in [3.05, 3.63) is 53.6 Å². The third kappa shape index (κ3) is 6.08. The van der Waals surface area contributed by atoms with Crippen LogP contribution in [0.2, 0.25) is 0 Å². The number of anilines is 2. The molecule has 0 radical (unpaired) electrons. The summed E-state index contributed by atoms with van der Waals surface area (Å²) in [6.07, 6.45) is -4.61. The van der Waals surface area contributed by atoms with Gasteiger partial charge in [0.05, 0.1) is 41.5 Å². The number of carbonyl (C=O) groups excluding carboxylic acids is 1. The maximum absolute atomic E-state index is 13.0. The fourth-order valence-electron chi connectivity index (χ4n) is 3.76. The van der Waals surface area contributed by atoms with Gasteiger partial charge in [-0.3, -0.25) is 4.79 Å². The van der Waals surface area contributed by atoms with E-state index in [1.54, 1.807) is 19.9 Å². The molecule has 11 heteroatoms. The summed E-state index contributed by atoms with van der Waals surface area (Å²) in [5.41, 5.74) is 0.598. The summed E-state index contributed by atoms with van der Waals surface area (Å²) in [6, 6.07) is 8.99. The smallest absolute Gasteiger partial charge is 0.378 e. The van der Waals surface area contributed by atoms with Gasteiger partial charge in [-0.2, -0.15) is 17.5 Å². The first kappa shape index (κ1) is 26.0. The van der Waals surface area contributed by atoms with E-state index in [2.05, 4.69) is 5.32 Å². The molecule has 1 amide bonds. The van der Waals surface area contributed by atoms with Crippen LogP contribution in [0.5, 0.6) is 0 Å². The second-order valence-electron chi connectivity index (χ2n) is 7.79. The first-order chi connectivity index (χ1) is 16.1. The van der Waals surface area contributed by atoms with Gasteiger partial charge in [-0.1, -0.05) is 26.0 Å². The van der Waals surface area contributed by atoms with Crippen molar-refractivity contribution in [3.8, 4) is 0 Å². The Labute approximate surface area is 197 Å². The Balaban J connectivity index is 1.88. The van der Waals surface area contributed by atoms with E-state index >= 15 is 0 Å². The molecule has 0 unspecified atom stereocenters. The van der Waals surface area contributed by atoms with Gasteiger partial charge in [0, 0.05) is 26.2 Å². The summed E-state index contributed by atoms with van der Waals surface area (Å²) in [6.45, 7) is 6.25. The first-order valence-electron chi connectivity index (χ1n) is 11.0. The zero-order chi connectivity index (χ0) is 24.9. The largest absolute Gasteiger partial charge is 0.416 e. The predicted octanol–water partition coefficient (Wildman–Crippen LogP) is 3.75. The molecule has 1 heterocycles.